The number of nitrogens with zero attached hydrogens (tertiary/aromatic N) is 3. The van der Waals surface area contributed by atoms with Gasteiger partial charge in [-0.05, 0) is 51.1 Å². The number of amides is 1. The lowest BCUT2D eigenvalue weighted by molar-refractivity contribution is -0.132. The summed E-state index contributed by atoms with van der Waals surface area (Å²) in [7, 11) is 1.97. The zero-order chi connectivity index (χ0) is 18.1. The minimum Gasteiger partial charge on any atom is -0.343 e. The van der Waals surface area contributed by atoms with E-state index in [4.69, 9.17) is 0 Å². The number of hydrogen-bond donors (Lipinski definition) is 1. The Hall–Kier alpha value is -1.73. The summed E-state index contributed by atoms with van der Waals surface area (Å²) in [6.45, 7) is 2.01. The summed E-state index contributed by atoms with van der Waals surface area (Å²) in [6.07, 6.45) is 8.37. The van der Waals surface area contributed by atoms with E-state index in [2.05, 4.69) is 10.3 Å². The van der Waals surface area contributed by atoms with Gasteiger partial charge in [-0.2, -0.15) is 0 Å². The second kappa shape index (κ2) is 7.48. The summed E-state index contributed by atoms with van der Waals surface area (Å²) in [5.41, 5.74) is 1.24. The molecule has 0 spiro atoms. The van der Waals surface area contributed by atoms with Crippen molar-refractivity contribution in [1.29, 1.82) is 0 Å². The first-order chi connectivity index (χ1) is 12.7. The van der Waals surface area contributed by atoms with Gasteiger partial charge in [0.25, 0.3) is 5.56 Å². The number of aryl methyl sites for hydroxylation is 3. The smallest absolute Gasteiger partial charge is 0.262 e. The van der Waals surface area contributed by atoms with E-state index in [0.29, 0.717) is 19.0 Å². The number of aromatic nitrogens is 2. The predicted octanol–water partition coefficient (Wildman–Crippen LogP) is 1.94. The highest BCUT2D eigenvalue weighted by Crippen LogP contribution is 2.33. The highest BCUT2D eigenvalue weighted by molar-refractivity contribution is 7.18. The number of thiophene rings is 1. The second-order valence-electron chi connectivity index (χ2n) is 7.33. The molecule has 1 amide bonds. The number of nitrogens with one attached hydrogen (secondary N) is 1. The van der Waals surface area contributed by atoms with Gasteiger partial charge >= 0.3 is 0 Å². The first-order valence-corrected chi connectivity index (χ1v) is 10.4. The summed E-state index contributed by atoms with van der Waals surface area (Å²) in [4.78, 5) is 34.0. The van der Waals surface area contributed by atoms with E-state index in [-0.39, 0.29) is 11.5 Å². The van der Waals surface area contributed by atoms with Crippen LogP contribution in [0.3, 0.4) is 0 Å². The molecule has 4 rings (SSSR count). The Morgan fingerprint density at radius 1 is 1.31 bits per heavy atom. The van der Waals surface area contributed by atoms with Gasteiger partial charge in [0.15, 0.2) is 0 Å². The number of piperidine rings is 1. The maximum Gasteiger partial charge on any atom is 0.262 e. The van der Waals surface area contributed by atoms with Crippen molar-refractivity contribution >= 4 is 27.5 Å². The molecule has 3 heterocycles. The fourth-order valence-corrected chi connectivity index (χ4v) is 5.35. The normalized spacial score (nSPS) is 18.3. The Bertz CT molecular complexity index is 864. The van der Waals surface area contributed by atoms with E-state index in [1.165, 1.54) is 16.9 Å². The average molecular weight is 375 g/mol. The van der Waals surface area contributed by atoms with Crippen molar-refractivity contribution in [1.82, 2.24) is 19.8 Å². The molecular formula is C19H26N4O2S. The summed E-state index contributed by atoms with van der Waals surface area (Å²) in [5, 5.41) is 4.08. The van der Waals surface area contributed by atoms with Crippen LogP contribution in [0.4, 0.5) is 0 Å². The third-order valence-corrected chi connectivity index (χ3v) is 6.96. The largest absolute Gasteiger partial charge is 0.343 e. The first kappa shape index (κ1) is 17.7. The zero-order valence-electron chi connectivity index (χ0n) is 15.3. The van der Waals surface area contributed by atoms with E-state index in [0.717, 1.165) is 55.4 Å². The lowest BCUT2D eigenvalue weighted by atomic mass is 9.97. The molecule has 0 saturated carbocycles. The van der Waals surface area contributed by atoms with E-state index in [1.807, 2.05) is 11.9 Å². The van der Waals surface area contributed by atoms with Gasteiger partial charge in [0.05, 0.1) is 11.7 Å². The molecule has 1 N–H and O–H groups in total. The lowest BCUT2D eigenvalue weighted by Gasteiger charge is -2.31. The Balaban J connectivity index is 1.47. The Kier molecular flexibility index (Phi) is 5.09. The molecule has 26 heavy (non-hydrogen) atoms. The third-order valence-electron chi connectivity index (χ3n) is 5.76. The molecule has 0 aromatic carbocycles. The van der Waals surface area contributed by atoms with Crippen molar-refractivity contribution < 1.29 is 4.79 Å². The van der Waals surface area contributed by atoms with Crippen LogP contribution in [0.25, 0.3) is 10.2 Å². The molecule has 6 nitrogen and oxygen atoms in total. The minimum absolute atomic E-state index is 0.0242. The van der Waals surface area contributed by atoms with Crippen LogP contribution in [0.15, 0.2) is 11.1 Å². The van der Waals surface area contributed by atoms with Gasteiger partial charge in [0.1, 0.15) is 4.83 Å². The van der Waals surface area contributed by atoms with Crippen molar-refractivity contribution in [2.75, 3.05) is 20.1 Å². The van der Waals surface area contributed by atoms with Gasteiger partial charge in [-0.25, -0.2) is 4.98 Å². The molecule has 2 aromatic rings. The van der Waals surface area contributed by atoms with Crippen molar-refractivity contribution in [3.8, 4) is 0 Å². The number of carbonyl (C=O) groups is 1. The molecule has 0 atom stereocenters. The molecule has 1 aliphatic heterocycles. The van der Waals surface area contributed by atoms with Crippen molar-refractivity contribution in [2.45, 2.75) is 57.5 Å². The van der Waals surface area contributed by atoms with E-state index < -0.39 is 0 Å². The standard InChI is InChI=1S/C19H26N4O2S/c1-20-13-6-9-22(10-7-13)16(24)8-11-23-12-21-18-17(19(23)25)14-4-2-3-5-15(14)26-18/h12-13,20H,2-11H2,1H3. The van der Waals surface area contributed by atoms with Crippen LogP contribution in [0, 0.1) is 0 Å². The summed E-state index contributed by atoms with van der Waals surface area (Å²) >= 11 is 1.67. The quantitative estimate of drug-likeness (QED) is 0.888. The van der Waals surface area contributed by atoms with Crippen molar-refractivity contribution in [2.24, 2.45) is 0 Å². The Morgan fingerprint density at radius 2 is 2.08 bits per heavy atom. The highest BCUT2D eigenvalue weighted by Gasteiger charge is 2.23. The lowest BCUT2D eigenvalue weighted by Crippen LogP contribution is -2.44. The molecule has 1 saturated heterocycles. The van der Waals surface area contributed by atoms with Gasteiger partial charge in [-0.3, -0.25) is 14.2 Å². The highest BCUT2D eigenvalue weighted by atomic mass is 32.1. The molecule has 1 fully saturated rings. The maximum atomic E-state index is 12.9. The minimum atomic E-state index is 0.0242. The third kappa shape index (κ3) is 3.30. The van der Waals surface area contributed by atoms with Gasteiger partial charge < -0.3 is 10.2 Å². The van der Waals surface area contributed by atoms with Crippen LogP contribution in [0.2, 0.25) is 0 Å². The molecular weight excluding hydrogens is 348 g/mol. The Morgan fingerprint density at radius 3 is 2.85 bits per heavy atom. The van der Waals surface area contributed by atoms with Crippen LogP contribution in [-0.4, -0.2) is 46.5 Å². The van der Waals surface area contributed by atoms with E-state index in [9.17, 15) is 9.59 Å². The molecule has 2 aliphatic rings. The van der Waals surface area contributed by atoms with E-state index >= 15 is 0 Å². The van der Waals surface area contributed by atoms with Gasteiger partial charge in [0, 0.05) is 37.0 Å². The Labute approximate surface area is 157 Å². The van der Waals surface area contributed by atoms with Crippen molar-refractivity contribution in [3.05, 3.63) is 27.1 Å². The predicted molar refractivity (Wildman–Crippen MR) is 104 cm³/mol. The van der Waals surface area contributed by atoms with Crippen molar-refractivity contribution in [3.63, 3.8) is 0 Å². The number of carbonyl (C=O) groups excluding carboxylic acids is 1. The molecule has 140 valence electrons. The summed E-state index contributed by atoms with van der Waals surface area (Å²) < 4.78 is 1.63. The summed E-state index contributed by atoms with van der Waals surface area (Å²) in [6, 6.07) is 0.512. The van der Waals surface area contributed by atoms with Gasteiger partial charge in [0.2, 0.25) is 5.91 Å². The number of fused-ring (bicyclic) bond motifs is 3. The first-order valence-electron chi connectivity index (χ1n) is 9.62. The summed E-state index contributed by atoms with van der Waals surface area (Å²) in [5.74, 6) is 0.138. The van der Waals surface area contributed by atoms with E-state index in [1.54, 1.807) is 22.2 Å². The number of rotatable bonds is 4. The monoisotopic (exact) mass is 374 g/mol. The maximum absolute atomic E-state index is 12.9. The second-order valence-corrected chi connectivity index (χ2v) is 8.41. The topological polar surface area (TPSA) is 67.2 Å². The molecule has 0 unspecified atom stereocenters. The van der Waals surface area contributed by atoms with Crippen LogP contribution in [-0.2, 0) is 24.2 Å². The molecule has 7 heteroatoms. The SMILES string of the molecule is CNC1CCN(C(=O)CCn2cnc3sc4c(c3c2=O)CCCC4)CC1. The molecule has 0 bridgehead atoms. The van der Waals surface area contributed by atoms with Crippen LogP contribution < -0.4 is 10.9 Å². The van der Waals surface area contributed by atoms with Gasteiger partial charge in [-0.1, -0.05) is 0 Å². The number of likely N-dealkylation sites (tertiary alicyclic amines) is 1. The van der Waals surface area contributed by atoms with Gasteiger partial charge in [-0.15, -0.1) is 11.3 Å². The molecule has 1 aliphatic carbocycles. The number of hydrogen-bond acceptors (Lipinski definition) is 5. The zero-order valence-corrected chi connectivity index (χ0v) is 16.1. The van der Waals surface area contributed by atoms with Crippen LogP contribution in [0.1, 0.15) is 42.5 Å². The average Bonchev–Trinajstić information content (AvgIpc) is 3.06. The molecule has 0 radical (unpaired) electrons. The fourth-order valence-electron chi connectivity index (χ4n) is 4.13. The molecule has 2 aromatic heterocycles. The van der Waals surface area contributed by atoms with Crippen LogP contribution in [0.5, 0.6) is 0 Å². The van der Waals surface area contributed by atoms with Crippen LogP contribution >= 0.6 is 11.3 Å². The fraction of sp³-hybridized carbons (Fsp3) is 0.632.